The lowest BCUT2D eigenvalue weighted by atomic mass is 10.1. The number of aryl methyl sites for hydroxylation is 3. The van der Waals surface area contributed by atoms with Crippen molar-refractivity contribution in [1.82, 2.24) is 10.3 Å². The summed E-state index contributed by atoms with van der Waals surface area (Å²) in [5, 5.41) is 3.95. The van der Waals surface area contributed by atoms with Gasteiger partial charge in [0.05, 0.1) is 18.2 Å². The predicted molar refractivity (Wildman–Crippen MR) is 94.0 cm³/mol. The van der Waals surface area contributed by atoms with Crippen LogP contribution in [-0.2, 0) is 11.3 Å². The normalized spacial score (nSPS) is 10.6. The summed E-state index contributed by atoms with van der Waals surface area (Å²) in [6.45, 7) is 7.28. The van der Waals surface area contributed by atoms with Crippen LogP contribution >= 0.6 is 11.3 Å². The van der Waals surface area contributed by atoms with Gasteiger partial charge in [-0.05, 0) is 50.8 Å². The fourth-order valence-corrected chi connectivity index (χ4v) is 2.93. The van der Waals surface area contributed by atoms with E-state index in [9.17, 15) is 4.79 Å². The number of hydrogen-bond donors (Lipinski definition) is 1. The van der Waals surface area contributed by atoms with E-state index in [2.05, 4.69) is 35.4 Å². The monoisotopic (exact) mass is 332 g/mol. The molecule has 0 aliphatic carbocycles. The van der Waals surface area contributed by atoms with E-state index in [0.29, 0.717) is 19.6 Å². The number of carbonyl (C=O) groups excluding carboxylic acids is 1. The molecule has 2 aromatic rings. The zero-order chi connectivity index (χ0) is 16.7. The number of carbonyl (C=O) groups is 1. The Bertz CT molecular complexity index is 652. The molecule has 0 atom stereocenters. The van der Waals surface area contributed by atoms with Gasteiger partial charge in [-0.2, -0.15) is 0 Å². The number of amides is 1. The summed E-state index contributed by atoms with van der Waals surface area (Å²) in [6.07, 6.45) is 4.06. The number of hydrogen-bond acceptors (Lipinski definition) is 4. The van der Waals surface area contributed by atoms with Crippen molar-refractivity contribution in [2.75, 3.05) is 6.61 Å². The first-order chi connectivity index (χ1) is 11.0. The second-order valence-corrected chi connectivity index (χ2v) is 7.02. The maximum absolute atomic E-state index is 11.8. The summed E-state index contributed by atoms with van der Waals surface area (Å²) in [6, 6.07) is 6.20. The Balaban J connectivity index is 1.59. The molecule has 4 nitrogen and oxygen atoms in total. The van der Waals surface area contributed by atoms with Crippen LogP contribution in [-0.4, -0.2) is 17.5 Å². The molecule has 124 valence electrons. The first-order valence-corrected chi connectivity index (χ1v) is 8.74. The number of benzene rings is 1. The molecule has 1 heterocycles. The van der Waals surface area contributed by atoms with Gasteiger partial charge in [-0.1, -0.05) is 12.1 Å². The predicted octanol–water partition coefficient (Wildman–Crippen LogP) is 3.93. The molecular weight excluding hydrogens is 308 g/mol. The van der Waals surface area contributed by atoms with Gasteiger partial charge in [0, 0.05) is 17.5 Å². The van der Waals surface area contributed by atoms with Gasteiger partial charge in [-0.15, -0.1) is 11.3 Å². The third-order valence-electron chi connectivity index (χ3n) is 3.53. The first-order valence-electron chi connectivity index (χ1n) is 7.92. The molecule has 0 bridgehead atoms. The Labute approximate surface area is 141 Å². The third-order valence-corrected chi connectivity index (χ3v) is 4.44. The molecule has 5 heteroatoms. The molecule has 0 unspecified atom stereocenters. The maximum atomic E-state index is 11.8. The lowest BCUT2D eigenvalue weighted by molar-refractivity contribution is -0.121. The van der Waals surface area contributed by atoms with E-state index in [1.165, 1.54) is 5.56 Å². The van der Waals surface area contributed by atoms with Crippen LogP contribution in [0.1, 0.15) is 40.3 Å². The molecule has 0 aliphatic rings. The highest BCUT2D eigenvalue weighted by molar-refractivity contribution is 7.11. The van der Waals surface area contributed by atoms with Gasteiger partial charge >= 0.3 is 0 Å². The Morgan fingerprint density at radius 2 is 2.09 bits per heavy atom. The van der Waals surface area contributed by atoms with Crippen molar-refractivity contribution in [3.8, 4) is 5.75 Å². The summed E-state index contributed by atoms with van der Waals surface area (Å²) in [5.41, 5.74) is 2.34. The lowest BCUT2D eigenvalue weighted by Crippen LogP contribution is -2.22. The zero-order valence-electron chi connectivity index (χ0n) is 14.0. The number of nitrogens with zero attached hydrogens (tertiary/aromatic N) is 1. The Hall–Kier alpha value is -1.88. The molecular formula is C18H24N2O2S. The summed E-state index contributed by atoms with van der Waals surface area (Å²) in [7, 11) is 0. The van der Waals surface area contributed by atoms with E-state index in [1.54, 1.807) is 11.3 Å². The second-order valence-electron chi connectivity index (χ2n) is 5.70. The summed E-state index contributed by atoms with van der Waals surface area (Å²) >= 11 is 1.62. The van der Waals surface area contributed by atoms with Crippen LogP contribution in [0.15, 0.2) is 24.4 Å². The summed E-state index contributed by atoms with van der Waals surface area (Å²) in [5.74, 6) is 1.03. The van der Waals surface area contributed by atoms with Crippen LogP contribution in [0.5, 0.6) is 5.75 Å². The number of aromatic nitrogens is 1. The molecule has 0 fully saturated rings. The molecule has 1 amide bonds. The molecule has 1 aromatic heterocycles. The van der Waals surface area contributed by atoms with Crippen molar-refractivity contribution in [3.05, 3.63) is 45.4 Å². The fourth-order valence-electron chi connectivity index (χ4n) is 2.19. The van der Waals surface area contributed by atoms with Gasteiger partial charge < -0.3 is 10.1 Å². The number of unbranched alkanes of at least 4 members (excludes halogenated alkanes) is 1. The minimum Gasteiger partial charge on any atom is -0.493 e. The van der Waals surface area contributed by atoms with Crippen molar-refractivity contribution in [3.63, 3.8) is 0 Å². The van der Waals surface area contributed by atoms with E-state index in [4.69, 9.17) is 4.74 Å². The minimum atomic E-state index is 0.0859. The van der Waals surface area contributed by atoms with Crippen LogP contribution in [0.3, 0.4) is 0 Å². The molecule has 2 rings (SSSR count). The zero-order valence-corrected chi connectivity index (χ0v) is 14.8. The number of ether oxygens (including phenoxy) is 1. The Kier molecular flexibility index (Phi) is 6.59. The van der Waals surface area contributed by atoms with Gasteiger partial charge in [0.1, 0.15) is 5.75 Å². The van der Waals surface area contributed by atoms with Crippen LogP contribution in [0.25, 0.3) is 0 Å². The SMILES string of the molecule is Cc1ccc(C)c(OCCCCC(=O)NCc2cnc(C)s2)c1. The van der Waals surface area contributed by atoms with Crippen LogP contribution in [0.2, 0.25) is 0 Å². The summed E-state index contributed by atoms with van der Waals surface area (Å²) < 4.78 is 5.79. The largest absolute Gasteiger partial charge is 0.493 e. The average Bonchev–Trinajstić information content (AvgIpc) is 2.94. The molecule has 23 heavy (non-hydrogen) atoms. The fraction of sp³-hybridized carbons (Fsp3) is 0.444. The lowest BCUT2D eigenvalue weighted by Gasteiger charge is -2.10. The molecule has 0 saturated carbocycles. The van der Waals surface area contributed by atoms with E-state index in [0.717, 1.165) is 34.0 Å². The Morgan fingerprint density at radius 1 is 1.26 bits per heavy atom. The van der Waals surface area contributed by atoms with Crippen LogP contribution in [0, 0.1) is 20.8 Å². The van der Waals surface area contributed by atoms with Crippen molar-refractivity contribution < 1.29 is 9.53 Å². The van der Waals surface area contributed by atoms with Gasteiger partial charge in [-0.3, -0.25) is 4.79 Å². The highest BCUT2D eigenvalue weighted by atomic mass is 32.1. The Morgan fingerprint density at radius 3 is 2.83 bits per heavy atom. The van der Waals surface area contributed by atoms with Crippen molar-refractivity contribution in [1.29, 1.82) is 0 Å². The molecule has 1 N–H and O–H groups in total. The van der Waals surface area contributed by atoms with Crippen molar-refractivity contribution in [2.45, 2.75) is 46.6 Å². The average molecular weight is 332 g/mol. The van der Waals surface area contributed by atoms with Crippen LogP contribution < -0.4 is 10.1 Å². The van der Waals surface area contributed by atoms with Crippen molar-refractivity contribution in [2.24, 2.45) is 0 Å². The van der Waals surface area contributed by atoms with E-state index in [-0.39, 0.29) is 5.91 Å². The standard InChI is InChI=1S/C18H24N2O2S/c1-13-7-8-14(2)17(10-13)22-9-5-4-6-18(21)20-12-16-11-19-15(3)23-16/h7-8,10-11H,4-6,9,12H2,1-3H3,(H,20,21). The van der Waals surface area contributed by atoms with Crippen LogP contribution in [0.4, 0.5) is 0 Å². The van der Waals surface area contributed by atoms with E-state index in [1.807, 2.05) is 20.0 Å². The van der Waals surface area contributed by atoms with E-state index < -0.39 is 0 Å². The first kappa shape index (κ1) is 17.5. The van der Waals surface area contributed by atoms with E-state index >= 15 is 0 Å². The molecule has 0 radical (unpaired) electrons. The minimum absolute atomic E-state index is 0.0859. The summed E-state index contributed by atoms with van der Waals surface area (Å²) in [4.78, 5) is 17.1. The third kappa shape index (κ3) is 6.02. The maximum Gasteiger partial charge on any atom is 0.220 e. The van der Waals surface area contributed by atoms with Gasteiger partial charge in [0.25, 0.3) is 0 Å². The van der Waals surface area contributed by atoms with Crippen molar-refractivity contribution >= 4 is 17.2 Å². The van der Waals surface area contributed by atoms with Gasteiger partial charge in [0.15, 0.2) is 0 Å². The second kappa shape index (κ2) is 8.67. The van der Waals surface area contributed by atoms with Gasteiger partial charge in [0.2, 0.25) is 5.91 Å². The number of nitrogens with one attached hydrogen (secondary N) is 1. The van der Waals surface area contributed by atoms with Gasteiger partial charge in [-0.25, -0.2) is 4.98 Å². The topological polar surface area (TPSA) is 51.2 Å². The molecule has 0 aliphatic heterocycles. The molecule has 0 spiro atoms. The number of thiazole rings is 1. The highest BCUT2D eigenvalue weighted by Gasteiger charge is 2.04. The number of rotatable bonds is 8. The molecule has 1 aromatic carbocycles. The smallest absolute Gasteiger partial charge is 0.220 e. The molecule has 0 saturated heterocycles. The quantitative estimate of drug-likeness (QED) is 0.745. The highest BCUT2D eigenvalue weighted by Crippen LogP contribution is 2.19.